The molecular formula is C22H26N4O4. The van der Waals surface area contributed by atoms with E-state index in [0.29, 0.717) is 35.5 Å². The van der Waals surface area contributed by atoms with Gasteiger partial charge in [-0.15, -0.1) is 0 Å². The Morgan fingerprint density at radius 2 is 1.93 bits per heavy atom. The molecule has 5 rings (SSSR count). The van der Waals surface area contributed by atoms with Gasteiger partial charge in [0.1, 0.15) is 6.04 Å². The van der Waals surface area contributed by atoms with Gasteiger partial charge < -0.3 is 10.6 Å². The lowest BCUT2D eigenvalue weighted by molar-refractivity contribution is -0.136. The van der Waals surface area contributed by atoms with Gasteiger partial charge in [0.25, 0.3) is 11.8 Å². The first-order valence-corrected chi connectivity index (χ1v) is 10.8. The van der Waals surface area contributed by atoms with Crippen molar-refractivity contribution in [1.29, 1.82) is 0 Å². The number of rotatable bonds is 5. The predicted octanol–water partition coefficient (Wildman–Crippen LogP) is 0.566. The maximum atomic E-state index is 13.1. The fourth-order valence-electron chi connectivity index (χ4n) is 5.58. The molecule has 30 heavy (non-hydrogen) atoms. The van der Waals surface area contributed by atoms with Crippen molar-refractivity contribution in [1.82, 2.24) is 20.9 Å². The monoisotopic (exact) mass is 410 g/mol. The number of fused-ring (bicyclic) bond motifs is 3. The number of carbonyl (C=O) groups is 4. The highest BCUT2D eigenvalue weighted by molar-refractivity contribution is 6.24. The standard InChI is InChI=1S/C22H26N4O4/c27-18-8-7-17(20(28)25-18)26-21(29)14-5-1-4-13(19(14)22(26)30)9-23-11-15-12-3-2-6-16(15)24-10-12/h1,4-5,12,15-17,23-24H,2-3,6-11H2,(H,25,27,28). The Kier molecular flexibility index (Phi) is 4.91. The molecule has 0 radical (unpaired) electrons. The molecule has 3 N–H and O–H groups in total. The Balaban J connectivity index is 1.31. The van der Waals surface area contributed by atoms with Gasteiger partial charge in [0, 0.05) is 25.6 Å². The van der Waals surface area contributed by atoms with Crippen LogP contribution in [0.25, 0.3) is 0 Å². The van der Waals surface area contributed by atoms with Crippen molar-refractivity contribution in [3.8, 4) is 0 Å². The normalized spacial score (nSPS) is 30.6. The highest BCUT2D eigenvalue weighted by Crippen LogP contribution is 2.35. The molecule has 0 aromatic heterocycles. The molecule has 8 heteroatoms. The van der Waals surface area contributed by atoms with Crippen molar-refractivity contribution in [3.05, 3.63) is 34.9 Å². The van der Waals surface area contributed by atoms with E-state index in [1.54, 1.807) is 12.1 Å². The highest BCUT2D eigenvalue weighted by atomic mass is 16.2. The average Bonchev–Trinajstić information content (AvgIpc) is 3.10. The van der Waals surface area contributed by atoms with E-state index < -0.39 is 23.8 Å². The smallest absolute Gasteiger partial charge is 0.262 e. The summed E-state index contributed by atoms with van der Waals surface area (Å²) in [5, 5.41) is 9.35. The second-order valence-electron chi connectivity index (χ2n) is 8.79. The summed E-state index contributed by atoms with van der Waals surface area (Å²) in [5.74, 6) is -0.538. The number of nitrogens with zero attached hydrogens (tertiary/aromatic N) is 1. The van der Waals surface area contributed by atoms with E-state index in [1.807, 2.05) is 6.07 Å². The second-order valence-corrected chi connectivity index (χ2v) is 8.79. The van der Waals surface area contributed by atoms with Crippen LogP contribution in [0, 0.1) is 11.8 Å². The summed E-state index contributed by atoms with van der Waals surface area (Å²) < 4.78 is 0. The summed E-state index contributed by atoms with van der Waals surface area (Å²) in [6.45, 7) is 2.47. The van der Waals surface area contributed by atoms with Gasteiger partial charge in [-0.05, 0) is 49.3 Å². The van der Waals surface area contributed by atoms with Crippen LogP contribution in [0.15, 0.2) is 18.2 Å². The number of hydrogen-bond acceptors (Lipinski definition) is 6. The zero-order valence-corrected chi connectivity index (χ0v) is 16.8. The van der Waals surface area contributed by atoms with Crippen LogP contribution >= 0.6 is 0 Å². The van der Waals surface area contributed by atoms with Crippen molar-refractivity contribution in [2.75, 3.05) is 13.1 Å². The molecule has 2 saturated heterocycles. The zero-order chi connectivity index (χ0) is 20.8. The molecule has 158 valence electrons. The predicted molar refractivity (Wildman–Crippen MR) is 107 cm³/mol. The number of hydrogen-bond donors (Lipinski definition) is 3. The maximum Gasteiger partial charge on any atom is 0.262 e. The van der Waals surface area contributed by atoms with Gasteiger partial charge in [0.2, 0.25) is 11.8 Å². The Bertz CT molecular complexity index is 914. The van der Waals surface area contributed by atoms with E-state index >= 15 is 0 Å². The molecule has 4 amide bonds. The number of imide groups is 2. The van der Waals surface area contributed by atoms with Crippen molar-refractivity contribution in [2.24, 2.45) is 11.8 Å². The van der Waals surface area contributed by atoms with E-state index in [0.717, 1.165) is 23.6 Å². The number of amides is 4. The van der Waals surface area contributed by atoms with Crippen LogP contribution in [-0.2, 0) is 16.1 Å². The molecule has 3 aliphatic heterocycles. The first kappa shape index (κ1) is 19.4. The minimum absolute atomic E-state index is 0.121. The van der Waals surface area contributed by atoms with Crippen LogP contribution in [0.1, 0.15) is 58.4 Å². The third-order valence-corrected chi connectivity index (χ3v) is 7.10. The molecule has 1 saturated carbocycles. The van der Waals surface area contributed by atoms with Gasteiger partial charge in [-0.25, -0.2) is 0 Å². The molecule has 4 aliphatic rings. The third-order valence-electron chi connectivity index (χ3n) is 7.10. The average molecular weight is 410 g/mol. The molecule has 3 fully saturated rings. The Labute approximate surface area is 174 Å². The zero-order valence-electron chi connectivity index (χ0n) is 16.8. The Hall–Kier alpha value is -2.58. The fourth-order valence-corrected chi connectivity index (χ4v) is 5.58. The van der Waals surface area contributed by atoms with E-state index in [9.17, 15) is 19.2 Å². The molecule has 8 nitrogen and oxygen atoms in total. The minimum atomic E-state index is -0.931. The van der Waals surface area contributed by atoms with Crippen LogP contribution in [0.5, 0.6) is 0 Å². The van der Waals surface area contributed by atoms with E-state index in [4.69, 9.17) is 0 Å². The summed E-state index contributed by atoms with van der Waals surface area (Å²) >= 11 is 0. The first-order chi connectivity index (χ1) is 14.5. The molecule has 1 aliphatic carbocycles. The quantitative estimate of drug-likeness (QED) is 0.613. The lowest BCUT2D eigenvalue weighted by atomic mass is 9.80. The van der Waals surface area contributed by atoms with Gasteiger partial charge in [-0.1, -0.05) is 18.6 Å². The van der Waals surface area contributed by atoms with Crippen molar-refractivity contribution < 1.29 is 19.2 Å². The first-order valence-electron chi connectivity index (χ1n) is 10.8. The van der Waals surface area contributed by atoms with Gasteiger partial charge in [0.05, 0.1) is 11.1 Å². The van der Waals surface area contributed by atoms with Crippen molar-refractivity contribution in [3.63, 3.8) is 0 Å². The molecule has 2 bridgehead atoms. The summed E-state index contributed by atoms with van der Waals surface area (Å²) in [6, 6.07) is 4.92. The molecule has 0 spiro atoms. The van der Waals surface area contributed by atoms with Crippen molar-refractivity contribution in [2.45, 2.75) is 50.7 Å². The molecule has 4 atom stereocenters. The van der Waals surface area contributed by atoms with Gasteiger partial charge >= 0.3 is 0 Å². The molecule has 4 unspecified atom stereocenters. The molecular weight excluding hydrogens is 384 g/mol. The van der Waals surface area contributed by atoms with E-state index in [1.165, 1.54) is 19.3 Å². The van der Waals surface area contributed by atoms with Crippen LogP contribution in [-0.4, -0.2) is 53.7 Å². The van der Waals surface area contributed by atoms with Crippen LogP contribution in [0.4, 0.5) is 0 Å². The fraction of sp³-hybridized carbons (Fsp3) is 0.545. The molecule has 1 aromatic carbocycles. The third kappa shape index (κ3) is 3.15. The number of piperidine rings is 1. The lowest BCUT2D eigenvalue weighted by Crippen LogP contribution is -2.54. The molecule has 1 aromatic rings. The summed E-state index contributed by atoms with van der Waals surface area (Å²) in [5.41, 5.74) is 1.49. The van der Waals surface area contributed by atoms with E-state index in [2.05, 4.69) is 16.0 Å². The summed E-state index contributed by atoms with van der Waals surface area (Å²) in [4.78, 5) is 50.7. The lowest BCUT2D eigenvalue weighted by Gasteiger charge is -2.29. The van der Waals surface area contributed by atoms with E-state index in [-0.39, 0.29) is 18.7 Å². The van der Waals surface area contributed by atoms with Crippen LogP contribution in [0.3, 0.4) is 0 Å². The topological polar surface area (TPSA) is 108 Å². The van der Waals surface area contributed by atoms with Crippen LogP contribution < -0.4 is 16.0 Å². The second kappa shape index (κ2) is 7.59. The maximum absolute atomic E-state index is 13.1. The molecule has 3 heterocycles. The summed E-state index contributed by atoms with van der Waals surface area (Å²) in [7, 11) is 0. The number of nitrogens with one attached hydrogen (secondary N) is 3. The SMILES string of the molecule is O=C1CCC(N2C(=O)c3cccc(CNCC4C5CCCC4NC5)c3C2=O)C(=O)N1. The van der Waals surface area contributed by atoms with Gasteiger partial charge in [0.15, 0.2) is 0 Å². The number of benzene rings is 1. The minimum Gasteiger partial charge on any atom is -0.313 e. The van der Waals surface area contributed by atoms with Gasteiger partial charge in [-0.3, -0.25) is 29.4 Å². The Morgan fingerprint density at radius 3 is 2.73 bits per heavy atom. The largest absolute Gasteiger partial charge is 0.313 e. The number of carbonyl (C=O) groups excluding carboxylic acids is 4. The Morgan fingerprint density at radius 1 is 1.07 bits per heavy atom. The summed E-state index contributed by atoms with van der Waals surface area (Å²) in [6.07, 6.45) is 4.07. The highest BCUT2D eigenvalue weighted by Gasteiger charge is 2.45. The van der Waals surface area contributed by atoms with Crippen molar-refractivity contribution >= 4 is 23.6 Å². The van der Waals surface area contributed by atoms with Crippen LogP contribution in [0.2, 0.25) is 0 Å². The van der Waals surface area contributed by atoms with Gasteiger partial charge in [-0.2, -0.15) is 0 Å².